The van der Waals surface area contributed by atoms with E-state index in [0.29, 0.717) is 11.3 Å². The number of nitrogens with zero attached hydrogens (tertiary/aromatic N) is 1. The van der Waals surface area contributed by atoms with Gasteiger partial charge >= 0.3 is 0 Å². The lowest BCUT2D eigenvalue weighted by Crippen LogP contribution is -2.26. The average molecular weight is 300 g/mol. The van der Waals surface area contributed by atoms with Crippen LogP contribution < -0.4 is 4.90 Å². The van der Waals surface area contributed by atoms with Crippen molar-refractivity contribution in [3.63, 3.8) is 0 Å². The molecule has 0 N–H and O–H groups in total. The summed E-state index contributed by atoms with van der Waals surface area (Å²) in [5.41, 5.74) is 1.74. The number of anilines is 1. The van der Waals surface area contributed by atoms with Gasteiger partial charge in [-0.1, -0.05) is 6.07 Å². The Morgan fingerprint density at radius 1 is 1.32 bits per heavy atom. The van der Waals surface area contributed by atoms with E-state index >= 15 is 0 Å². The molecule has 1 aromatic carbocycles. The summed E-state index contributed by atoms with van der Waals surface area (Å²) in [5, 5.41) is -1.10. The second kappa shape index (κ2) is 5.31. The van der Waals surface area contributed by atoms with Crippen LogP contribution in [-0.4, -0.2) is 22.9 Å². The van der Waals surface area contributed by atoms with Crippen LogP contribution in [0, 0.1) is 12.8 Å². The Hall–Kier alpha value is -1.39. The zero-order valence-electron chi connectivity index (χ0n) is 10.2. The molecule has 1 unspecified atom stereocenters. The smallest absolute Gasteiger partial charge is 0.252 e. The van der Waals surface area contributed by atoms with E-state index in [-0.39, 0.29) is 18.9 Å². The van der Waals surface area contributed by atoms with Gasteiger partial charge in [0.15, 0.2) is 0 Å². The maximum atomic E-state index is 11.9. The summed E-state index contributed by atoms with van der Waals surface area (Å²) < 4.78 is 0. The summed E-state index contributed by atoms with van der Waals surface area (Å²) in [5.74, 6) is -0.676. The van der Waals surface area contributed by atoms with E-state index in [0.717, 1.165) is 5.56 Å². The Morgan fingerprint density at radius 2 is 2.00 bits per heavy atom. The van der Waals surface area contributed by atoms with Gasteiger partial charge in [-0.3, -0.25) is 14.4 Å². The first-order chi connectivity index (χ1) is 8.90. The number of aryl methyl sites for hydroxylation is 1. The molecule has 1 amide bonds. The fraction of sp³-hybridized carbons (Fsp3) is 0.308. The molecular weight excluding hydrogens is 289 g/mol. The second-order valence-corrected chi connectivity index (χ2v) is 5.20. The van der Waals surface area contributed by atoms with Crippen molar-refractivity contribution >= 4 is 45.3 Å². The Balaban J connectivity index is 2.36. The summed E-state index contributed by atoms with van der Waals surface area (Å²) >= 11 is 10.9. The minimum Gasteiger partial charge on any atom is -0.311 e. The van der Waals surface area contributed by atoms with E-state index < -0.39 is 16.4 Å². The molecule has 1 atom stereocenters. The minimum atomic E-state index is -0.585. The van der Waals surface area contributed by atoms with Crippen LogP contribution in [0.25, 0.3) is 0 Å². The molecule has 6 heteroatoms. The lowest BCUT2D eigenvalue weighted by molar-refractivity contribution is -0.120. The lowest BCUT2D eigenvalue weighted by Gasteiger charge is -2.19. The highest BCUT2D eigenvalue weighted by atomic mass is 35.5. The van der Waals surface area contributed by atoms with Gasteiger partial charge in [0.2, 0.25) is 11.1 Å². The number of rotatable bonds is 3. The van der Waals surface area contributed by atoms with Gasteiger partial charge in [0, 0.05) is 24.2 Å². The molecule has 0 aliphatic carbocycles. The molecule has 0 bridgehead atoms. The summed E-state index contributed by atoms with van der Waals surface area (Å²) in [6.07, 6.45) is 0.0980. The zero-order valence-corrected chi connectivity index (χ0v) is 11.7. The molecule has 1 fully saturated rings. The van der Waals surface area contributed by atoms with Crippen molar-refractivity contribution < 1.29 is 14.4 Å². The predicted octanol–water partition coefficient (Wildman–Crippen LogP) is 2.49. The number of hydrogen-bond acceptors (Lipinski definition) is 3. The van der Waals surface area contributed by atoms with Gasteiger partial charge in [-0.25, -0.2) is 0 Å². The minimum absolute atomic E-state index is 0.0980. The van der Waals surface area contributed by atoms with E-state index in [9.17, 15) is 14.4 Å². The molecule has 1 aliphatic heterocycles. The highest BCUT2D eigenvalue weighted by Crippen LogP contribution is 2.30. The molecular formula is C13H11Cl2NO3. The number of halogens is 2. The third-order valence-electron chi connectivity index (χ3n) is 3.17. The van der Waals surface area contributed by atoms with Crippen LogP contribution in [0.3, 0.4) is 0 Å². The fourth-order valence-electron chi connectivity index (χ4n) is 2.11. The highest BCUT2D eigenvalue weighted by molar-refractivity contribution is 6.67. The molecule has 4 nitrogen and oxygen atoms in total. The SMILES string of the molecule is Cc1ccc(C(=O)Cl)cc1N1CC(C(=O)Cl)CC1=O. The van der Waals surface area contributed by atoms with Crippen LogP contribution in [-0.2, 0) is 9.59 Å². The second-order valence-electron chi connectivity index (χ2n) is 4.48. The molecule has 0 saturated carbocycles. The van der Waals surface area contributed by atoms with Crippen LogP contribution in [0.5, 0.6) is 0 Å². The summed E-state index contributed by atoms with van der Waals surface area (Å²) in [6.45, 7) is 2.06. The average Bonchev–Trinajstić information content (AvgIpc) is 2.72. The van der Waals surface area contributed by atoms with Crippen molar-refractivity contribution in [2.45, 2.75) is 13.3 Å². The first-order valence-electron chi connectivity index (χ1n) is 5.70. The topological polar surface area (TPSA) is 54.5 Å². The largest absolute Gasteiger partial charge is 0.311 e. The molecule has 0 radical (unpaired) electrons. The van der Waals surface area contributed by atoms with Crippen molar-refractivity contribution in [3.05, 3.63) is 29.3 Å². The van der Waals surface area contributed by atoms with Gasteiger partial charge in [-0.15, -0.1) is 0 Å². The maximum absolute atomic E-state index is 11.9. The van der Waals surface area contributed by atoms with Crippen molar-refractivity contribution in [1.82, 2.24) is 0 Å². The predicted molar refractivity (Wildman–Crippen MR) is 72.7 cm³/mol. The Kier molecular flexibility index (Phi) is 3.92. The van der Waals surface area contributed by atoms with Crippen LogP contribution in [0.15, 0.2) is 18.2 Å². The number of carbonyl (C=O) groups is 3. The van der Waals surface area contributed by atoms with Crippen molar-refractivity contribution in [2.24, 2.45) is 5.92 Å². The monoisotopic (exact) mass is 299 g/mol. The molecule has 1 heterocycles. The van der Waals surface area contributed by atoms with E-state index in [1.165, 1.54) is 4.90 Å². The van der Waals surface area contributed by atoms with Gasteiger partial charge in [0.05, 0.1) is 5.92 Å². The number of amides is 1. The first kappa shape index (κ1) is 14.0. The van der Waals surface area contributed by atoms with Gasteiger partial charge in [0.1, 0.15) is 0 Å². The van der Waals surface area contributed by atoms with Crippen LogP contribution in [0.1, 0.15) is 22.3 Å². The van der Waals surface area contributed by atoms with Gasteiger partial charge < -0.3 is 4.90 Å². The van der Waals surface area contributed by atoms with Crippen molar-refractivity contribution in [1.29, 1.82) is 0 Å². The van der Waals surface area contributed by atoms with Crippen molar-refractivity contribution in [2.75, 3.05) is 11.4 Å². The Labute approximate surface area is 120 Å². The molecule has 100 valence electrons. The number of benzene rings is 1. The first-order valence-corrected chi connectivity index (χ1v) is 6.46. The number of carbonyl (C=O) groups excluding carboxylic acids is 3. The van der Waals surface area contributed by atoms with Crippen LogP contribution >= 0.6 is 23.2 Å². The third kappa shape index (κ3) is 2.80. The molecule has 2 rings (SSSR count). The van der Waals surface area contributed by atoms with Gasteiger partial charge in [-0.05, 0) is 47.8 Å². The summed E-state index contributed by atoms with van der Waals surface area (Å²) in [6, 6.07) is 4.87. The van der Waals surface area contributed by atoms with E-state index in [2.05, 4.69) is 0 Å². The van der Waals surface area contributed by atoms with Crippen LogP contribution in [0.2, 0.25) is 0 Å². The third-order valence-corrected chi connectivity index (χ3v) is 3.70. The van der Waals surface area contributed by atoms with E-state index in [4.69, 9.17) is 23.2 Å². The zero-order chi connectivity index (χ0) is 14.2. The maximum Gasteiger partial charge on any atom is 0.252 e. The normalized spacial score (nSPS) is 18.8. The van der Waals surface area contributed by atoms with Crippen molar-refractivity contribution in [3.8, 4) is 0 Å². The Morgan fingerprint density at radius 3 is 2.53 bits per heavy atom. The Bertz CT molecular complexity index is 571. The molecule has 1 aliphatic rings. The summed E-state index contributed by atoms with van der Waals surface area (Å²) in [4.78, 5) is 35.7. The molecule has 19 heavy (non-hydrogen) atoms. The standard InChI is InChI=1S/C13H11Cl2NO3/c1-7-2-3-8(12(14)18)4-10(7)16-6-9(13(15)19)5-11(16)17/h2-4,9H,5-6H2,1H3. The van der Waals surface area contributed by atoms with Crippen LogP contribution in [0.4, 0.5) is 5.69 Å². The fourth-order valence-corrected chi connectivity index (χ4v) is 2.38. The quantitative estimate of drug-likeness (QED) is 0.806. The molecule has 0 aromatic heterocycles. The molecule has 0 spiro atoms. The summed E-state index contributed by atoms with van der Waals surface area (Å²) in [7, 11) is 0. The van der Waals surface area contributed by atoms with E-state index in [1.807, 2.05) is 6.92 Å². The number of hydrogen-bond donors (Lipinski definition) is 0. The highest BCUT2D eigenvalue weighted by Gasteiger charge is 2.35. The van der Waals surface area contributed by atoms with E-state index in [1.54, 1.807) is 18.2 Å². The lowest BCUT2D eigenvalue weighted by atomic mass is 10.1. The van der Waals surface area contributed by atoms with Gasteiger partial charge in [0.25, 0.3) is 5.24 Å². The molecule has 1 saturated heterocycles. The van der Waals surface area contributed by atoms with Gasteiger partial charge in [-0.2, -0.15) is 0 Å². The molecule has 1 aromatic rings.